The molecular weight excluding hydrogens is 242 g/mol. The van der Waals surface area contributed by atoms with E-state index in [1.165, 1.54) is 0 Å². The van der Waals surface area contributed by atoms with Crippen LogP contribution in [0, 0.1) is 0 Å². The maximum Gasteiger partial charge on any atom is 0.261 e. The Bertz CT molecular complexity index is 687. The van der Waals surface area contributed by atoms with Crippen LogP contribution in [0.5, 0.6) is 0 Å². The van der Waals surface area contributed by atoms with Crippen LogP contribution < -0.4 is 5.73 Å². The standard InChI is InChI=1S/C14H15N3O2/c1-2-9(15)7-13-16-14(19-17-13)11-8-18-12-6-4-3-5-10(11)12/h3-6,8-9H,2,7,15H2,1H3. The molecular formula is C14H15N3O2. The Hall–Kier alpha value is -2.14. The van der Waals surface area contributed by atoms with Gasteiger partial charge in [0.2, 0.25) is 0 Å². The molecule has 1 aromatic carbocycles. The minimum absolute atomic E-state index is 0.0616. The number of para-hydroxylation sites is 1. The number of aromatic nitrogens is 2. The molecule has 1 atom stereocenters. The number of nitrogens with two attached hydrogens (primary N) is 1. The van der Waals surface area contributed by atoms with Crippen molar-refractivity contribution in [2.45, 2.75) is 25.8 Å². The zero-order valence-corrected chi connectivity index (χ0v) is 10.7. The van der Waals surface area contributed by atoms with Crippen LogP contribution in [0.25, 0.3) is 22.4 Å². The van der Waals surface area contributed by atoms with Gasteiger partial charge in [0.15, 0.2) is 5.82 Å². The Kier molecular flexibility index (Phi) is 3.05. The van der Waals surface area contributed by atoms with Crippen molar-refractivity contribution in [3.63, 3.8) is 0 Å². The number of hydrogen-bond acceptors (Lipinski definition) is 5. The van der Waals surface area contributed by atoms with E-state index in [0.717, 1.165) is 23.0 Å². The van der Waals surface area contributed by atoms with E-state index < -0.39 is 0 Å². The van der Waals surface area contributed by atoms with Gasteiger partial charge in [-0.1, -0.05) is 30.3 Å². The number of rotatable bonds is 4. The van der Waals surface area contributed by atoms with E-state index in [9.17, 15) is 0 Å². The van der Waals surface area contributed by atoms with Gasteiger partial charge in [0, 0.05) is 17.8 Å². The zero-order valence-electron chi connectivity index (χ0n) is 10.7. The van der Waals surface area contributed by atoms with Gasteiger partial charge in [-0.25, -0.2) is 0 Å². The average Bonchev–Trinajstić information content (AvgIpc) is 3.04. The average molecular weight is 257 g/mol. The summed E-state index contributed by atoms with van der Waals surface area (Å²) in [6, 6.07) is 7.81. The van der Waals surface area contributed by atoms with Crippen molar-refractivity contribution < 1.29 is 8.94 Å². The summed E-state index contributed by atoms with van der Waals surface area (Å²) in [5.74, 6) is 1.11. The molecule has 19 heavy (non-hydrogen) atoms. The van der Waals surface area contributed by atoms with Crippen molar-refractivity contribution in [3.05, 3.63) is 36.4 Å². The van der Waals surface area contributed by atoms with Crippen LogP contribution in [0.4, 0.5) is 0 Å². The highest BCUT2D eigenvalue weighted by molar-refractivity contribution is 5.91. The van der Waals surface area contributed by atoms with Gasteiger partial charge in [0.25, 0.3) is 5.89 Å². The van der Waals surface area contributed by atoms with E-state index in [2.05, 4.69) is 10.1 Å². The Labute approximate surface area is 110 Å². The predicted molar refractivity (Wildman–Crippen MR) is 71.5 cm³/mol. The molecule has 3 rings (SSSR count). The Balaban J connectivity index is 1.94. The first-order valence-electron chi connectivity index (χ1n) is 6.32. The van der Waals surface area contributed by atoms with Gasteiger partial charge >= 0.3 is 0 Å². The summed E-state index contributed by atoms with van der Waals surface area (Å²) >= 11 is 0. The van der Waals surface area contributed by atoms with Crippen LogP contribution in [0.2, 0.25) is 0 Å². The highest BCUT2D eigenvalue weighted by Crippen LogP contribution is 2.29. The van der Waals surface area contributed by atoms with Crippen molar-refractivity contribution in [3.8, 4) is 11.5 Å². The number of benzene rings is 1. The summed E-state index contributed by atoms with van der Waals surface area (Å²) in [5.41, 5.74) is 7.51. The van der Waals surface area contributed by atoms with Gasteiger partial charge in [0.1, 0.15) is 11.8 Å². The molecule has 0 fully saturated rings. The van der Waals surface area contributed by atoms with Gasteiger partial charge in [-0.05, 0) is 12.5 Å². The third-order valence-corrected chi connectivity index (χ3v) is 3.15. The topological polar surface area (TPSA) is 78.1 Å². The molecule has 0 aliphatic rings. The third kappa shape index (κ3) is 2.24. The van der Waals surface area contributed by atoms with Crippen LogP contribution in [-0.2, 0) is 6.42 Å². The maximum absolute atomic E-state index is 5.88. The monoisotopic (exact) mass is 257 g/mol. The molecule has 98 valence electrons. The molecule has 0 saturated carbocycles. The smallest absolute Gasteiger partial charge is 0.261 e. The first kappa shape index (κ1) is 11.9. The molecule has 5 heteroatoms. The summed E-state index contributed by atoms with van der Waals surface area (Å²) in [7, 11) is 0. The fourth-order valence-electron chi connectivity index (χ4n) is 1.97. The second kappa shape index (κ2) is 4.85. The second-order valence-corrected chi connectivity index (χ2v) is 4.53. The molecule has 0 aliphatic carbocycles. The number of furan rings is 1. The van der Waals surface area contributed by atoms with E-state index in [4.69, 9.17) is 14.7 Å². The minimum Gasteiger partial charge on any atom is -0.463 e. The van der Waals surface area contributed by atoms with E-state index in [1.807, 2.05) is 31.2 Å². The molecule has 0 aliphatic heterocycles. The lowest BCUT2D eigenvalue weighted by Gasteiger charge is -2.02. The molecule has 2 N–H and O–H groups in total. The van der Waals surface area contributed by atoms with E-state index in [1.54, 1.807) is 6.26 Å². The highest BCUT2D eigenvalue weighted by atomic mass is 16.5. The van der Waals surface area contributed by atoms with E-state index in [0.29, 0.717) is 18.1 Å². The minimum atomic E-state index is 0.0616. The number of nitrogens with zero attached hydrogens (tertiary/aromatic N) is 2. The maximum atomic E-state index is 5.88. The van der Waals surface area contributed by atoms with E-state index >= 15 is 0 Å². The fraction of sp³-hybridized carbons (Fsp3) is 0.286. The predicted octanol–water partition coefficient (Wildman–Crippen LogP) is 2.76. The molecule has 2 heterocycles. The molecule has 0 amide bonds. The lowest BCUT2D eigenvalue weighted by Crippen LogP contribution is -2.21. The van der Waals surface area contributed by atoms with Crippen LogP contribution >= 0.6 is 0 Å². The third-order valence-electron chi connectivity index (χ3n) is 3.15. The van der Waals surface area contributed by atoms with Crippen LogP contribution in [0.15, 0.2) is 39.5 Å². The van der Waals surface area contributed by atoms with Crippen molar-refractivity contribution in [1.29, 1.82) is 0 Å². The molecule has 1 unspecified atom stereocenters. The first-order chi connectivity index (χ1) is 9.28. The van der Waals surface area contributed by atoms with Gasteiger partial charge in [-0.3, -0.25) is 0 Å². The van der Waals surface area contributed by atoms with Crippen LogP contribution in [0.3, 0.4) is 0 Å². The summed E-state index contributed by atoms with van der Waals surface area (Å²) in [5, 5.41) is 4.93. The quantitative estimate of drug-likeness (QED) is 0.777. The molecule has 5 nitrogen and oxygen atoms in total. The second-order valence-electron chi connectivity index (χ2n) is 4.53. The fourth-order valence-corrected chi connectivity index (χ4v) is 1.97. The summed E-state index contributed by atoms with van der Waals surface area (Å²) in [6.07, 6.45) is 3.15. The molecule has 0 bridgehead atoms. The SMILES string of the molecule is CCC(N)Cc1noc(-c2coc3ccccc23)n1. The Morgan fingerprint density at radius 3 is 3.00 bits per heavy atom. The lowest BCUT2D eigenvalue weighted by atomic mass is 10.1. The van der Waals surface area contributed by atoms with Gasteiger partial charge in [-0.2, -0.15) is 4.98 Å². The molecule has 0 spiro atoms. The van der Waals surface area contributed by atoms with E-state index in [-0.39, 0.29) is 6.04 Å². The summed E-state index contributed by atoms with van der Waals surface area (Å²) in [4.78, 5) is 4.37. The molecule has 2 aromatic heterocycles. The van der Waals surface area contributed by atoms with Gasteiger partial charge in [0.05, 0.1) is 5.56 Å². The van der Waals surface area contributed by atoms with Crippen molar-refractivity contribution in [1.82, 2.24) is 10.1 Å². The lowest BCUT2D eigenvalue weighted by molar-refractivity contribution is 0.419. The summed E-state index contributed by atoms with van der Waals surface area (Å²) < 4.78 is 10.7. The Morgan fingerprint density at radius 2 is 2.16 bits per heavy atom. The number of fused-ring (bicyclic) bond motifs is 1. The zero-order chi connectivity index (χ0) is 13.2. The van der Waals surface area contributed by atoms with Gasteiger partial charge in [-0.15, -0.1) is 0 Å². The van der Waals surface area contributed by atoms with Crippen molar-refractivity contribution in [2.75, 3.05) is 0 Å². The molecule has 0 radical (unpaired) electrons. The van der Waals surface area contributed by atoms with Crippen molar-refractivity contribution >= 4 is 11.0 Å². The summed E-state index contributed by atoms with van der Waals surface area (Å²) in [6.45, 7) is 2.04. The highest BCUT2D eigenvalue weighted by Gasteiger charge is 2.15. The Morgan fingerprint density at radius 1 is 1.32 bits per heavy atom. The van der Waals surface area contributed by atoms with Gasteiger partial charge < -0.3 is 14.7 Å². The molecule has 0 saturated heterocycles. The van der Waals surface area contributed by atoms with Crippen LogP contribution in [-0.4, -0.2) is 16.2 Å². The normalized spacial score (nSPS) is 12.9. The largest absolute Gasteiger partial charge is 0.463 e. The number of hydrogen-bond donors (Lipinski definition) is 1. The van der Waals surface area contributed by atoms with Crippen molar-refractivity contribution in [2.24, 2.45) is 5.73 Å². The molecule has 3 aromatic rings. The van der Waals surface area contributed by atoms with Crippen LogP contribution in [0.1, 0.15) is 19.2 Å². The first-order valence-corrected chi connectivity index (χ1v) is 6.32.